The van der Waals surface area contributed by atoms with Crippen LogP contribution in [0.5, 0.6) is 0 Å². The van der Waals surface area contributed by atoms with Gasteiger partial charge in [0, 0.05) is 15.5 Å². The first-order chi connectivity index (χ1) is 18.0. The van der Waals surface area contributed by atoms with Crippen molar-refractivity contribution in [3.63, 3.8) is 0 Å². The Labute approximate surface area is 228 Å². The van der Waals surface area contributed by atoms with Crippen molar-refractivity contribution >= 4 is 51.7 Å². The third-order valence-corrected chi connectivity index (χ3v) is 9.25. The summed E-state index contributed by atoms with van der Waals surface area (Å²) in [4.78, 5) is 27.4. The standard InChI is InChI=1S/C27H27N5O2S3/c1-17-11-13-19(14-12-17)35-15-22-30-31-27(32(22)18-7-3-2-4-8-18)36-16-23(33)29-26-24(25(28)34)20-9-5-6-10-21(20)37-26/h2-4,7-8,11-14H,5-6,9-10,15-16H2,1H3,(H2,28,34)(H,29,33). The van der Waals surface area contributed by atoms with Crippen molar-refractivity contribution in [1.29, 1.82) is 0 Å². The topological polar surface area (TPSA) is 103 Å². The Bertz CT molecular complexity index is 1410. The molecule has 0 unspecified atom stereocenters. The monoisotopic (exact) mass is 549 g/mol. The normalized spacial score (nSPS) is 12.8. The molecule has 0 saturated carbocycles. The van der Waals surface area contributed by atoms with E-state index < -0.39 is 5.91 Å². The number of rotatable bonds is 9. The largest absolute Gasteiger partial charge is 0.365 e. The van der Waals surface area contributed by atoms with Gasteiger partial charge in [0.25, 0.3) is 5.91 Å². The summed E-state index contributed by atoms with van der Waals surface area (Å²) >= 11 is 4.48. The lowest BCUT2D eigenvalue weighted by Gasteiger charge is -2.11. The molecule has 5 rings (SSSR count). The lowest BCUT2D eigenvalue weighted by atomic mass is 9.95. The molecule has 1 aliphatic carbocycles. The lowest BCUT2D eigenvalue weighted by molar-refractivity contribution is -0.113. The molecule has 3 N–H and O–H groups in total. The minimum absolute atomic E-state index is 0.136. The minimum atomic E-state index is -0.484. The predicted octanol–water partition coefficient (Wildman–Crippen LogP) is 5.64. The Hall–Kier alpha value is -3.08. The fraction of sp³-hybridized carbons (Fsp3) is 0.259. The average Bonchev–Trinajstić information content (AvgIpc) is 3.48. The number of nitrogens with one attached hydrogen (secondary N) is 1. The highest BCUT2D eigenvalue weighted by Crippen LogP contribution is 2.38. The summed E-state index contributed by atoms with van der Waals surface area (Å²) in [5.41, 5.74) is 9.32. The Kier molecular flexibility index (Phi) is 7.97. The maximum Gasteiger partial charge on any atom is 0.251 e. The molecule has 2 aromatic heterocycles. The van der Waals surface area contributed by atoms with Crippen molar-refractivity contribution in [2.75, 3.05) is 11.1 Å². The number of thioether (sulfide) groups is 2. The highest BCUT2D eigenvalue weighted by atomic mass is 32.2. The number of fused-ring (bicyclic) bond motifs is 1. The van der Waals surface area contributed by atoms with Crippen LogP contribution in [0.25, 0.3) is 5.69 Å². The molecule has 2 amide bonds. The molecule has 0 radical (unpaired) electrons. The van der Waals surface area contributed by atoms with Gasteiger partial charge in [0.05, 0.1) is 17.1 Å². The number of hydrogen-bond donors (Lipinski definition) is 2. The van der Waals surface area contributed by atoms with E-state index in [1.807, 2.05) is 34.9 Å². The summed E-state index contributed by atoms with van der Waals surface area (Å²) in [7, 11) is 0. The van der Waals surface area contributed by atoms with Crippen molar-refractivity contribution in [2.45, 2.75) is 48.4 Å². The van der Waals surface area contributed by atoms with Crippen LogP contribution in [-0.2, 0) is 23.4 Å². The number of para-hydroxylation sites is 1. The van der Waals surface area contributed by atoms with Crippen LogP contribution in [-0.4, -0.2) is 32.3 Å². The Morgan fingerprint density at radius 3 is 2.54 bits per heavy atom. The van der Waals surface area contributed by atoms with Gasteiger partial charge in [-0.25, -0.2) is 0 Å². The van der Waals surface area contributed by atoms with E-state index >= 15 is 0 Å². The maximum absolute atomic E-state index is 12.9. The molecule has 4 aromatic rings. The summed E-state index contributed by atoms with van der Waals surface area (Å²) in [6, 6.07) is 18.3. The van der Waals surface area contributed by atoms with E-state index in [9.17, 15) is 9.59 Å². The fourth-order valence-electron chi connectivity index (χ4n) is 4.31. The summed E-state index contributed by atoms with van der Waals surface area (Å²) in [6.07, 6.45) is 3.88. The zero-order valence-corrected chi connectivity index (χ0v) is 22.8. The molecule has 1 aliphatic rings. The number of nitrogens with two attached hydrogens (primary N) is 1. The van der Waals surface area contributed by atoms with Crippen molar-refractivity contribution in [1.82, 2.24) is 14.8 Å². The van der Waals surface area contributed by atoms with Crippen molar-refractivity contribution in [3.8, 4) is 5.69 Å². The molecule has 2 heterocycles. The summed E-state index contributed by atoms with van der Waals surface area (Å²) in [5, 5.41) is 13.0. The maximum atomic E-state index is 12.9. The first-order valence-electron chi connectivity index (χ1n) is 12.1. The zero-order chi connectivity index (χ0) is 25.8. The van der Waals surface area contributed by atoms with Gasteiger partial charge >= 0.3 is 0 Å². The summed E-state index contributed by atoms with van der Waals surface area (Å²) < 4.78 is 2.00. The fourth-order valence-corrected chi connectivity index (χ4v) is 7.21. The van der Waals surface area contributed by atoms with E-state index in [4.69, 9.17) is 5.73 Å². The van der Waals surface area contributed by atoms with Gasteiger partial charge in [-0.2, -0.15) is 0 Å². The van der Waals surface area contributed by atoms with Crippen LogP contribution in [0, 0.1) is 6.92 Å². The van der Waals surface area contributed by atoms with Gasteiger partial charge in [0.2, 0.25) is 5.91 Å². The van der Waals surface area contributed by atoms with Crippen LogP contribution in [0.15, 0.2) is 64.6 Å². The number of primary amides is 1. The molecule has 0 aliphatic heterocycles. The van der Waals surface area contributed by atoms with Crippen LogP contribution in [0.2, 0.25) is 0 Å². The first-order valence-corrected chi connectivity index (χ1v) is 14.8. The predicted molar refractivity (Wildman–Crippen MR) is 151 cm³/mol. The van der Waals surface area contributed by atoms with Crippen LogP contribution in [0.1, 0.15) is 45.0 Å². The number of nitrogens with zero attached hydrogens (tertiary/aromatic N) is 3. The molecule has 0 saturated heterocycles. The average molecular weight is 550 g/mol. The van der Waals surface area contributed by atoms with Crippen LogP contribution < -0.4 is 11.1 Å². The van der Waals surface area contributed by atoms with Crippen molar-refractivity contribution in [2.24, 2.45) is 5.73 Å². The molecular formula is C27H27N5O2S3. The van der Waals surface area contributed by atoms with Gasteiger partial charge in [-0.3, -0.25) is 14.2 Å². The van der Waals surface area contributed by atoms with Gasteiger partial charge in [-0.1, -0.05) is 47.7 Å². The number of benzene rings is 2. The highest BCUT2D eigenvalue weighted by Gasteiger charge is 2.25. The quantitative estimate of drug-likeness (QED) is 0.262. The van der Waals surface area contributed by atoms with E-state index in [1.54, 1.807) is 11.8 Å². The zero-order valence-electron chi connectivity index (χ0n) is 20.4. The number of amides is 2. The Morgan fingerprint density at radius 1 is 1.03 bits per heavy atom. The second-order valence-corrected chi connectivity index (χ2v) is 11.9. The molecule has 0 bridgehead atoms. The molecule has 0 spiro atoms. The van der Waals surface area contributed by atoms with Gasteiger partial charge in [0.15, 0.2) is 5.16 Å². The first kappa shape index (κ1) is 25.6. The number of aryl methyl sites for hydroxylation is 2. The minimum Gasteiger partial charge on any atom is -0.365 e. The van der Waals surface area contributed by atoms with E-state index in [2.05, 4.69) is 46.7 Å². The van der Waals surface area contributed by atoms with Crippen molar-refractivity contribution in [3.05, 3.63) is 82.0 Å². The molecular weight excluding hydrogens is 523 g/mol. The molecule has 0 atom stereocenters. The van der Waals surface area contributed by atoms with Gasteiger partial charge in [-0.15, -0.1) is 33.3 Å². The van der Waals surface area contributed by atoms with Gasteiger partial charge in [-0.05, 0) is 62.4 Å². The molecule has 10 heteroatoms. The third kappa shape index (κ3) is 5.92. The Balaban J connectivity index is 1.31. The number of thiophene rings is 1. The van der Waals surface area contributed by atoms with E-state index in [-0.39, 0.29) is 11.7 Å². The van der Waals surface area contributed by atoms with E-state index in [0.29, 0.717) is 21.5 Å². The molecule has 7 nitrogen and oxygen atoms in total. The van der Waals surface area contributed by atoms with E-state index in [0.717, 1.165) is 52.5 Å². The number of aromatic nitrogens is 3. The van der Waals surface area contributed by atoms with Gasteiger partial charge in [0.1, 0.15) is 10.8 Å². The van der Waals surface area contributed by atoms with Crippen LogP contribution in [0.3, 0.4) is 0 Å². The molecule has 190 valence electrons. The smallest absolute Gasteiger partial charge is 0.251 e. The SMILES string of the molecule is Cc1ccc(SCc2nnc(SCC(=O)Nc3sc4c(c3C(N)=O)CCCC4)n2-c2ccccc2)cc1. The third-order valence-electron chi connectivity index (χ3n) is 6.11. The summed E-state index contributed by atoms with van der Waals surface area (Å²) in [5.74, 6) is 0.893. The van der Waals surface area contributed by atoms with Crippen LogP contribution >= 0.6 is 34.9 Å². The van der Waals surface area contributed by atoms with Gasteiger partial charge < -0.3 is 11.1 Å². The lowest BCUT2D eigenvalue weighted by Crippen LogP contribution is -2.19. The Morgan fingerprint density at radius 2 is 1.78 bits per heavy atom. The number of carbonyl (C=O) groups excluding carboxylic acids is 2. The number of hydrogen-bond acceptors (Lipinski definition) is 7. The van der Waals surface area contributed by atoms with Crippen LogP contribution in [0.4, 0.5) is 5.00 Å². The number of carbonyl (C=O) groups is 2. The summed E-state index contributed by atoms with van der Waals surface area (Å²) in [6.45, 7) is 2.07. The van der Waals surface area contributed by atoms with E-state index in [1.165, 1.54) is 28.7 Å². The molecule has 37 heavy (non-hydrogen) atoms. The second-order valence-electron chi connectivity index (χ2n) is 8.79. The highest BCUT2D eigenvalue weighted by molar-refractivity contribution is 7.99. The molecule has 2 aromatic carbocycles. The molecule has 0 fully saturated rings. The second kappa shape index (κ2) is 11.5. The van der Waals surface area contributed by atoms with Crippen molar-refractivity contribution < 1.29 is 9.59 Å². The number of anilines is 1.